The second-order valence-electron chi connectivity index (χ2n) is 4.90. The number of nitrogens with one attached hydrogen (secondary N) is 2. The van der Waals surface area contributed by atoms with Crippen molar-refractivity contribution in [2.24, 2.45) is 0 Å². The Morgan fingerprint density at radius 3 is 2.83 bits per heavy atom. The summed E-state index contributed by atoms with van der Waals surface area (Å²) >= 11 is 1.31. The minimum atomic E-state index is -0.210. The van der Waals surface area contributed by atoms with Crippen LogP contribution in [-0.4, -0.2) is 31.7 Å². The standard InChI is InChI=1S/C15H16N6OS/c22-15(17-6-1-8-21-9-7-16-11-21)18-13-4-2-12(3-5-13)14-10-23-20-19-14/h2-5,7,9-11H,1,6,8H2,(H2,17,18,22). The number of benzene rings is 1. The second kappa shape index (κ2) is 7.50. The molecule has 0 aliphatic carbocycles. The van der Waals surface area contributed by atoms with Gasteiger partial charge >= 0.3 is 6.03 Å². The molecule has 0 unspecified atom stereocenters. The number of aryl methyl sites for hydroxylation is 1. The van der Waals surface area contributed by atoms with Gasteiger partial charge in [-0.3, -0.25) is 0 Å². The van der Waals surface area contributed by atoms with E-state index in [1.807, 2.05) is 40.4 Å². The molecule has 0 aliphatic heterocycles. The number of carbonyl (C=O) groups excluding carboxylic acids is 1. The first kappa shape index (κ1) is 15.2. The quantitative estimate of drug-likeness (QED) is 0.681. The Kier molecular flexibility index (Phi) is 4.95. The Labute approximate surface area is 137 Å². The number of hydrogen-bond acceptors (Lipinski definition) is 5. The molecule has 2 amide bonds. The van der Waals surface area contributed by atoms with E-state index in [9.17, 15) is 4.79 Å². The van der Waals surface area contributed by atoms with E-state index in [0.29, 0.717) is 6.54 Å². The Balaban J connectivity index is 1.42. The van der Waals surface area contributed by atoms with Crippen molar-refractivity contribution in [1.82, 2.24) is 24.5 Å². The second-order valence-corrected chi connectivity index (χ2v) is 5.51. The molecule has 0 bridgehead atoms. The van der Waals surface area contributed by atoms with Crippen molar-refractivity contribution in [3.8, 4) is 11.3 Å². The molecule has 0 saturated carbocycles. The van der Waals surface area contributed by atoms with Crippen molar-refractivity contribution in [2.45, 2.75) is 13.0 Å². The Bertz CT molecular complexity index is 724. The van der Waals surface area contributed by atoms with Gasteiger partial charge in [0.25, 0.3) is 0 Å². The number of carbonyl (C=O) groups is 1. The molecule has 2 aromatic heterocycles. The third-order valence-corrected chi connectivity index (χ3v) is 3.74. The molecule has 1 aromatic carbocycles. The number of rotatable bonds is 6. The monoisotopic (exact) mass is 328 g/mol. The lowest BCUT2D eigenvalue weighted by Crippen LogP contribution is -2.29. The highest BCUT2D eigenvalue weighted by Gasteiger charge is 2.03. The average molecular weight is 328 g/mol. The van der Waals surface area contributed by atoms with E-state index in [2.05, 4.69) is 25.2 Å². The normalized spacial score (nSPS) is 10.4. The van der Waals surface area contributed by atoms with Crippen LogP contribution in [0.3, 0.4) is 0 Å². The van der Waals surface area contributed by atoms with E-state index in [1.165, 1.54) is 11.5 Å². The first-order valence-electron chi connectivity index (χ1n) is 7.19. The van der Waals surface area contributed by atoms with Gasteiger partial charge in [0.05, 0.1) is 6.33 Å². The first-order chi connectivity index (χ1) is 11.3. The Hall–Kier alpha value is -2.74. The van der Waals surface area contributed by atoms with Crippen LogP contribution in [0.1, 0.15) is 6.42 Å². The highest BCUT2D eigenvalue weighted by Crippen LogP contribution is 2.19. The fraction of sp³-hybridized carbons (Fsp3) is 0.200. The molecule has 0 aliphatic rings. The van der Waals surface area contributed by atoms with Gasteiger partial charge in [-0.1, -0.05) is 16.6 Å². The summed E-state index contributed by atoms with van der Waals surface area (Å²) in [6.45, 7) is 1.43. The molecule has 0 spiro atoms. The lowest BCUT2D eigenvalue weighted by molar-refractivity contribution is 0.252. The van der Waals surface area contributed by atoms with Crippen LogP contribution in [0.2, 0.25) is 0 Å². The maximum Gasteiger partial charge on any atom is 0.319 e. The number of anilines is 1. The molecule has 2 N–H and O–H groups in total. The molecule has 3 aromatic rings. The molecule has 3 rings (SSSR count). The summed E-state index contributed by atoms with van der Waals surface area (Å²) in [5, 5.41) is 11.5. The Morgan fingerprint density at radius 2 is 2.13 bits per heavy atom. The highest BCUT2D eigenvalue weighted by molar-refractivity contribution is 7.03. The molecule has 0 radical (unpaired) electrons. The van der Waals surface area contributed by atoms with Crippen LogP contribution in [0.15, 0.2) is 48.4 Å². The third-order valence-electron chi connectivity index (χ3n) is 3.24. The summed E-state index contributed by atoms with van der Waals surface area (Å²) in [4.78, 5) is 15.8. The van der Waals surface area contributed by atoms with Crippen molar-refractivity contribution in [3.63, 3.8) is 0 Å². The molecule has 0 fully saturated rings. The van der Waals surface area contributed by atoms with Crippen LogP contribution in [0.25, 0.3) is 11.3 Å². The lowest BCUT2D eigenvalue weighted by Gasteiger charge is -2.08. The van der Waals surface area contributed by atoms with Gasteiger partial charge in [-0.25, -0.2) is 9.78 Å². The van der Waals surface area contributed by atoms with E-state index in [0.717, 1.165) is 29.9 Å². The first-order valence-corrected chi connectivity index (χ1v) is 8.03. The molecule has 8 heteroatoms. The van der Waals surface area contributed by atoms with Crippen LogP contribution in [0, 0.1) is 0 Å². The average Bonchev–Trinajstić information content (AvgIpc) is 3.26. The van der Waals surface area contributed by atoms with E-state index < -0.39 is 0 Å². The van der Waals surface area contributed by atoms with Crippen molar-refractivity contribution in [1.29, 1.82) is 0 Å². The van der Waals surface area contributed by atoms with Crippen LogP contribution < -0.4 is 10.6 Å². The van der Waals surface area contributed by atoms with Gasteiger partial charge in [0.1, 0.15) is 5.69 Å². The largest absolute Gasteiger partial charge is 0.338 e. The minimum absolute atomic E-state index is 0.210. The molecular formula is C15H16N6OS. The molecule has 0 atom stereocenters. The van der Waals surface area contributed by atoms with Gasteiger partial charge < -0.3 is 15.2 Å². The van der Waals surface area contributed by atoms with Crippen molar-refractivity contribution < 1.29 is 4.79 Å². The van der Waals surface area contributed by atoms with Crippen LogP contribution in [-0.2, 0) is 6.54 Å². The summed E-state index contributed by atoms with van der Waals surface area (Å²) in [7, 11) is 0. The van der Waals surface area contributed by atoms with Crippen LogP contribution in [0.4, 0.5) is 10.5 Å². The van der Waals surface area contributed by atoms with Gasteiger partial charge in [-0.05, 0) is 30.1 Å². The van der Waals surface area contributed by atoms with Crippen molar-refractivity contribution >= 4 is 23.3 Å². The summed E-state index contributed by atoms with van der Waals surface area (Å²) in [6.07, 6.45) is 6.25. The zero-order valence-corrected chi connectivity index (χ0v) is 13.2. The van der Waals surface area contributed by atoms with E-state index in [-0.39, 0.29) is 6.03 Å². The van der Waals surface area contributed by atoms with Gasteiger partial charge in [-0.2, -0.15) is 0 Å². The predicted octanol–water partition coefficient (Wildman–Crippen LogP) is 2.61. The zero-order valence-electron chi connectivity index (χ0n) is 12.3. The Morgan fingerprint density at radius 1 is 1.26 bits per heavy atom. The summed E-state index contributed by atoms with van der Waals surface area (Å²) in [6, 6.07) is 7.30. The number of imidazole rings is 1. The fourth-order valence-corrected chi connectivity index (χ4v) is 2.54. The molecule has 23 heavy (non-hydrogen) atoms. The van der Waals surface area contributed by atoms with Crippen LogP contribution >= 0.6 is 11.5 Å². The number of urea groups is 1. The van der Waals surface area contributed by atoms with Gasteiger partial charge in [0.2, 0.25) is 0 Å². The molecule has 7 nitrogen and oxygen atoms in total. The maximum atomic E-state index is 11.8. The minimum Gasteiger partial charge on any atom is -0.338 e. The molecular weight excluding hydrogens is 312 g/mol. The van der Waals surface area contributed by atoms with Gasteiger partial charge in [0.15, 0.2) is 0 Å². The van der Waals surface area contributed by atoms with Gasteiger partial charge in [0, 0.05) is 42.1 Å². The van der Waals surface area contributed by atoms with Crippen molar-refractivity contribution in [3.05, 3.63) is 48.4 Å². The maximum absolute atomic E-state index is 11.8. The number of aromatic nitrogens is 4. The van der Waals surface area contributed by atoms with Crippen LogP contribution in [0.5, 0.6) is 0 Å². The van der Waals surface area contributed by atoms with Crippen molar-refractivity contribution in [2.75, 3.05) is 11.9 Å². The molecule has 2 heterocycles. The number of amides is 2. The summed E-state index contributed by atoms with van der Waals surface area (Å²) < 4.78 is 5.81. The van der Waals surface area contributed by atoms with E-state index >= 15 is 0 Å². The van der Waals surface area contributed by atoms with E-state index in [1.54, 1.807) is 12.5 Å². The highest BCUT2D eigenvalue weighted by atomic mass is 32.1. The molecule has 0 saturated heterocycles. The van der Waals surface area contributed by atoms with Gasteiger partial charge in [-0.15, -0.1) is 5.10 Å². The fourth-order valence-electron chi connectivity index (χ4n) is 2.07. The lowest BCUT2D eigenvalue weighted by atomic mass is 10.1. The van der Waals surface area contributed by atoms with E-state index in [4.69, 9.17) is 0 Å². The third kappa shape index (κ3) is 4.36. The number of hydrogen-bond donors (Lipinski definition) is 2. The topological polar surface area (TPSA) is 84.7 Å². The summed E-state index contributed by atoms with van der Waals surface area (Å²) in [5.74, 6) is 0. The number of nitrogens with zero attached hydrogens (tertiary/aromatic N) is 4. The smallest absolute Gasteiger partial charge is 0.319 e. The predicted molar refractivity (Wildman–Crippen MR) is 89.2 cm³/mol. The zero-order chi connectivity index (χ0) is 15.9. The SMILES string of the molecule is O=C(NCCCn1ccnc1)Nc1ccc(-c2csnn2)cc1. The summed E-state index contributed by atoms with van der Waals surface area (Å²) in [5.41, 5.74) is 2.56. The molecule has 118 valence electrons.